The molecule has 1 aromatic rings. The average molecular weight is 234 g/mol. The molecule has 92 valence electrons. The first-order chi connectivity index (χ1) is 8.18. The van der Waals surface area contributed by atoms with Crippen molar-refractivity contribution in [3.05, 3.63) is 29.3 Å². The number of aromatic hydroxyl groups is 1. The molecule has 0 saturated carbocycles. The van der Waals surface area contributed by atoms with Gasteiger partial charge >= 0.3 is 0 Å². The molecule has 1 aliphatic heterocycles. The van der Waals surface area contributed by atoms with E-state index in [0.717, 1.165) is 31.5 Å². The summed E-state index contributed by atoms with van der Waals surface area (Å²) < 4.78 is 0. The molecule has 4 nitrogen and oxygen atoms in total. The third-order valence-electron chi connectivity index (χ3n) is 3.16. The van der Waals surface area contributed by atoms with E-state index in [9.17, 15) is 9.90 Å². The second-order valence-electron chi connectivity index (χ2n) is 4.47. The van der Waals surface area contributed by atoms with Crippen LogP contribution in [0, 0.1) is 6.92 Å². The maximum absolute atomic E-state index is 12.0. The Bertz CT molecular complexity index is 412. The Morgan fingerprint density at radius 3 is 2.82 bits per heavy atom. The van der Waals surface area contributed by atoms with Gasteiger partial charge in [0.2, 0.25) is 0 Å². The number of nitrogens with one attached hydrogen (secondary N) is 2. The van der Waals surface area contributed by atoms with Crippen molar-refractivity contribution in [3.8, 4) is 5.75 Å². The van der Waals surface area contributed by atoms with Gasteiger partial charge in [-0.25, -0.2) is 0 Å². The van der Waals surface area contributed by atoms with Gasteiger partial charge in [0.25, 0.3) is 5.91 Å². The summed E-state index contributed by atoms with van der Waals surface area (Å²) in [5, 5.41) is 16.0. The molecule has 1 amide bonds. The van der Waals surface area contributed by atoms with Gasteiger partial charge in [0.1, 0.15) is 5.75 Å². The number of aryl methyl sites for hydroxylation is 1. The maximum Gasteiger partial charge on any atom is 0.255 e. The molecule has 0 aromatic heterocycles. The van der Waals surface area contributed by atoms with Crippen LogP contribution in [0.5, 0.6) is 5.75 Å². The van der Waals surface area contributed by atoms with E-state index in [1.54, 1.807) is 25.1 Å². The molecule has 0 unspecified atom stereocenters. The summed E-state index contributed by atoms with van der Waals surface area (Å²) >= 11 is 0. The quantitative estimate of drug-likeness (QED) is 0.720. The lowest BCUT2D eigenvalue weighted by molar-refractivity contribution is 0.0926. The lowest BCUT2D eigenvalue weighted by atomic mass is 10.0. The summed E-state index contributed by atoms with van der Waals surface area (Å²) in [6, 6.07) is 5.44. The molecule has 1 heterocycles. The normalized spacial score (nSPS) is 16.8. The molecule has 2 rings (SSSR count). The number of phenols is 1. The molecular weight excluding hydrogens is 216 g/mol. The second kappa shape index (κ2) is 5.19. The highest BCUT2D eigenvalue weighted by Gasteiger charge is 2.18. The van der Waals surface area contributed by atoms with Gasteiger partial charge in [0, 0.05) is 6.04 Å². The number of carbonyl (C=O) groups excluding carboxylic acids is 1. The minimum atomic E-state index is -0.182. The largest absolute Gasteiger partial charge is 0.507 e. The molecule has 0 spiro atoms. The number of carbonyl (C=O) groups is 1. The molecular formula is C13H18N2O2. The van der Waals surface area contributed by atoms with Crippen LogP contribution >= 0.6 is 0 Å². The molecule has 1 saturated heterocycles. The van der Waals surface area contributed by atoms with E-state index in [1.807, 2.05) is 0 Å². The molecule has 17 heavy (non-hydrogen) atoms. The van der Waals surface area contributed by atoms with Crippen LogP contribution in [0.2, 0.25) is 0 Å². The average Bonchev–Trinajstić information content (AvgIpc) is 2.34. The maximum atomic E-state index is 12.0. The van der Waals surface area contributed by atoms with Crippen LogP contribution in [0.4, 0.5) is 0 Å². The van der Waals surface area contributed by atoms with E-state index < -0.39 is 0 Å². The highest BCUT2D eigenvalue weighted by atomic mass is 16.3. The summed E-state index contributed by atoms with van der Waals surface area (Å²) in [4.78, 5) is 12.0. The van der Waals surface area contributed by atoms with Gasteiger partial charge in [-0.3, -0.25) is 4.79 Å². The Balaban J connectivity index is 2.06. The Morgan fingerprint density at radius 1 is 1.41 bits per heavy atom. The zero-order valence-electron chi connectivity index (χ0n) is 9.99. The van der Waals surface area contributed by atoms with Crippen molar-refractivity contribution >= 4 is 5.91 Å². The Labute approximate surface area is 101 Å². The minimum absolute atomic E-state index is 0.0823. The number of hydrogen-bond acceptors (Lipinski definition) is 3. The van der Waals surface area contributed by atoms with Gasteiger partial charge in [-0.1, -0.05) is 12.1 Å². The minimum Gasteiger partial charge on any atom is -0.507 e. The monoisotopic (exact) mass is 234 g/mol. The first-order valence-electron chi connectivity index (χ1n) is 5.98. The Morgan fingerprint density at radius 2 is 2.12 bits per heavy atom. The fraction of sp³-hybridized carbons (Fsp3) is 0.462. The summed E-state index contributed by atoms with van der Waals surface area (Å²) in [5.74, 6) is -0.1000. The molecule has 1 aromatic carbocycles. The smallest absolute Gasteiger partial charge is 0.255 e. The van der Waals surface area contributed by atoms with E-state index in [0.29, 0.717) is 5.56 Å². The molecule has 1 fully saturated rings. The summed E-state index contributed by atoms with van der Waals surface area (Å²) in [5.41, 5.74) is 1.09. The molecule has 1 aliphatic rings. The van der Waals surface area contributed by atoms with Crippen molar-refractivity contribution < 1.29 is 9.90 Å². The van der Waals surface area contributed by atoms with Gasteiger partial charge in [-0.2, -0.15) is 0 Å². The van der Waals surface area contributed by atoms with Crippen LogP contribution in [0.3, 0.4) is 0 Å². The predicted molar refractivity (Wildman–Crippen MR) is 66.2 cm³/mol. The predicted octanol–water partition coefficient (Wildman–Crippen LogP) is 1.18. The highest BCUT2D eigenvalue weighted by molar-refractivity contribution is 5.97. The number of amides is 1. The van der Waals surface area contributed by atoms with Crippen LogP contribution in [0.15, 0.2) is 18.2 Å². The summed E-state index contributed by atoms with van der Waals surface area (Å²) in [6.45, 7) is 3.66. The SMILES string of the molecule is Cc1cccc(C(=O)NC2CCNCC2)c1O. The fourth-order valence-corrected chi connectivity index (χ4v) is 2.07. The molecule has 0 radical (unpaired) electrons. The van der Waals surface area contributed by atoms with Crippen LogP contribution in [-0.4, -0.2) is 30.1 Å². The third kappa shape index (κ3) is 2.77. The van der Waals surface area contributed by atoms with E-state index >= 15 is 0 Å². The fourth-order valence-electron chi connectivity index (χ4n) is 2.07. The van der Waals surface area contributed by atoms with Crippen molar-refractivity contribution in [2.45, 2.75) is 25.8 Å². The number of rotatable bonds is 2. The molecule has 0 aliphatic carbocycles. The Kier molecular flexibility index (Phi) is 3.64. The van der Waals surface area contributed by atoms with Crippen molar-refractivity contribution in [1.29, 1.82) is 0 Å². The van der Waals surface area contributed by atoms with Crippen molar-refractivity contribution in [3.63, 3.8) is 0 Å². The van der Waals surface area contributed by atoms with Crippen LogP contribution in [0.25, 0.3) is 0 Å². The standard InChI is InChI=1S/C13H18N2O2/c1-9-3-2-4-11(12(9)16)13(17)15-10-5-7-14-8-6-10/h2-4,10,14,16H,5-8H2,1H3,(H,15,17). The van der Waals surface area contributed by atoms with Gasteiger partial charge < -0.3 is 15.7 Å². The third-order valence-corrected chi connectivity index (χ3v) is 3.16. The van der Waals surface area contributed by atoms with Gasteiger partial charge in [0.15, 0.2) is 0 Å². The summed E-state index contributed by atoms with van der Waals surface area (Å²) in [7, 11) is 0. The molecule has 0 atom stereocenters. The van der Waals surface area contributed by atoms with Crippen LogP contribution in [-0.2, 0) is 0 Å². The van der Waals surface area contributed by atoms with Crippen molar-refractivity contribution in [2.24, 2.45) is 0 Å². The lowest BCUT2D eigenvalue weighted by Gasteiger charge is -2.23. The molecule has 3 N–H and O–H groups in total. The van der Waals surface area contributed by atoms with Crippen LogP contribution in [0.1, 0.15) is 28.8 Å². The highest BCUT2D eigenvalue weighted by Crippen LogP contribution is 2.21. The zero-order chi connectivity index (χ0) is 12.3. The van der Waals surface area contributed by atoms with Crippen molar-refractivity contribution in [2.75, 3.05) is 13.1 Å². The number of piperidine rings is 1. The van der Waals surface area contributed by atoms with E-state index in [4.69, 9.17) is 0 Å². The van der Waals surface area contributed by atoms with E-state index in [1.165, 1.54) is 0 Å². The van der Waals surface area contributed by atoms with E-state index in [2.05, 4.69) is 10.6 Å². The number of benzene rings is 1. The lowest BCUT2D eigenvalue weighted by Crippen LogP contribution is -2.42. The van der Waals surface area contributed by atoms with Crippen LogP contribution < -0.4 is 10.6 Å². The topological polar surface area (TPSA) is 61.4 Å². The van der Waals surface area contributed by atoms with E-state index in [-0.39, 0.29) is 17.7 Å². The zero-order valence-corrected chi connectivity index (χ0v) is 9.99. The first-order valence-corrected chi connectivity index (χ1v) is 5.98. The number of phenolic OH excluding ortho intramolecular Hbond substituents is 1. The van der Waals surface area contributed by atoms with Gasteiger partial charge in [0.05, 0.1) is 5.56 Å². The number of hydrogen-bond donors (Lipinski definition) is 3. The molecule has 0 bridgehead atoms. The Hall–Kier alpha value is -1.55. The number of para-hydroxylation sites is 1. The summed E-state index contributed by atoms with van der Waals surface area (Å²) in [6.07, 6.45) is 1.89. The second-order valence-corrected chi connectivity index (χ2v) is 4.47. The molecule has 4 heteroatoms. The van der Waals surface area contributed by atoms with Gasteiger partial charge in [-0.15, -0.1) is 0 Å². The first kappa shape index (κ1) is 11.9. The van der Waals surface area contributed by atoms with Crippen molar-refractivity contribution in [1.82, 2.24) is 10.6 Å². The van der Waals surface area contributed by atoms with Gasteiger partial charge in [-0.05, 0) is 44.5 Å².